The molecule has 0 unspecified atom stereocenters. The number of amides is 3. The third kappa shape index (κ3) is 3.46. The van der Waals surface area contributed by atoms with E-state index in [2.05, 4.69) is 15.6 Å². The average molecular weight is 364 g/mol. The Balaban J connectivity index is 1.69. The molecule has 0 aliphatic carbocycles. The molecule has 2 heterocycles. The summed E-state index contributed by atoms with van der Waals surface area (Å²) in [7, 11) is 0. The molecule has 0 saturated heterocycles. The fourth-order valence-electron chi connectivity index (χ4n) is 2.69. The molecule has 9 heteroatoms. The van der Waals surface area contributed by atoms with Gasteiger partial charge in [0.25, 0.3) is 0 Å². The number of urea groups is 1. The summed E-state index contributed by atoms with van der Waals surface area (Å²) in [4.78, 5) is 29.1. The Morgan fingerprint density at radius 3 is 2.81 bits per heavy atom. The number of pyridine rings is 1. The lowest BCUT2D eigenvalue weighted by Gasteiger charge is -2.29. The minimum atomic E-state index is -1.07. The highest BCUT2D eigenvalue weighted by molar-refractivity contribution is 5.94. The molecule has 0 radical (unpaired) electrons. The Hall–Kier alpha value is -3.10. The first kappa shape index (κ1) is 17.7. The molecule has 0 spiro atoms. The first-order chi connectivity index (χ1) is 12.4. The lowest BCUT2D eigenvalue weighted by Crippen LogP contribution is -2.45. The normalized spacial score (nSPS) is 14.5. The third-order valence-electron chi connectivity index (χ3n) is 3.98. The van der Waals surface area contributed by atoms with Gasteiger partial charge in [0.1, 0.15) is 12.4 Å². The van der Waals surface area contributed by atoms with Crippen molar-refractivity contribution >= 4 is 17.6 Å². The second-order valence-electron chi connectivity index (χ2n) is 5.83. The summed E-state index contributed by atoms with van der Waals surface area (Å²) >= 11 is 0. The number of halogens is 3. The highest BCUT2D eigenvalue weighted by Gasteiger charge is 2.28. The van der Waals surface area contributed by atoms with E-state index in [0.717, 1.165) is 11.0 Å². The Labute approximate surface area is 147 Å². The molecule has 3 rings (SSSR count). The third-order valence-corrected chi connectivity index (χ3v) is 3.98. The monoisotopic (exact) mass is 364 g/mol. The maximum Gasteiger partial charge on any atom is 0.322 e. The Morgan fingerprint density at radius 1 is 1.31 bits per heavy atom. The fraction of sp³-hybridized carbons (Fsp3) is 0.235. The van der Waals surface area contributed by atoms with Crippen molar-refractivity contribution < 1.29 is 22.8 Å². The second kappa shape index (κ2) is 7.03. The number of hydrogen-bond donors (Lipinski definition) is 2. The van der Waals surface area contributed by atoms with Gasteiger partial charge in [-0.3, -0.25) is 9.78 Å². The van der Waals surface area contributed by atoms with Crippen molar-refractivity contribution in [3.63, 3.8) is 0 Å². The molecule has 0 fully saturated rings. The molecule has 1 aliphatic rings. The SMILES string of the molecule is C[C@@H](NC(=O)CN1Cc2c(ccc(F)c2F)NC1=O)c1ncccc1F. The van der Waals surface area contributed by atoms with Crippen LogP contribution in [0.15, 0.2) is 30.5 Å². The summed E-state index contributed by atoms with van der Waals surface area (Å²) in [6.07, 6.45) is 1.40. The molecular weight excluding hydrogens is 349 g/mol. The van der Waals surface area contributed by atoms with Crippen LogP contribution in [0.25, 0.3) is 0 Å². The maximum absolute atomic E-state index is 13.9. The molecule has 2 N–H and O–H groups in total. The molecule has 0 saturated carbocycles. The largest absolute Gasteiger partial charge is 0.346 e. The number of benzene rings is 1. The molecule has 6 nitrogen and oxygen atoms in total. The van der Waals surface area contributed by atoms with Gasteiger partial charge in [0.05, 0.1) is 24.0 Å². The van der Waals surface area contributed by atoms with E-state index < -0.39 is 42.0 Å². The molecular formula is C17H15F3N4O2. The lowest BCUT2D eigenvalue weighted by molar-refractivity contribution is -0.122. The van der Waals surface area contributed by atoms with E-state index in [1.54, 1.807) is 6.92 Å². The van der Waals surface area contributed by atoms with Crippen molar-refractivity contribution in [2.24, 2.45) is 0 Å². The highest BCUT2D eigenvalue weighted by atomic mass is 19.2. The predicted octanol–water partition coefficient (Wildman–Crippen LogP) is 2.72. The molecule has 3 amide bonds. The van der Waals surface area contributed by atoms with Crippen LogP contribution in [0.4, 0.5) is 23.7 Å². The average Bonchev–Trinajstić information content (AvgIpc) is 2.60. The van der Waals surface area contributed by atoms with Crippen LogP contribution in [0.2, 0.25) is 0 Å². The number of nitrogens with one attached hydrogen (secondary N) is 2. The molecule has 1 aromatic carbocycles. The quantitative estimate of drug-likeness (QED) is 0.876. The zero-order valence-electron chi connectivity index (χ0n) is 13.7. The van der Waals surface area contributed by atoms with Crippen molar-refractivity contribution in [1.29, 1.82) is 0 Å². The zero-order chi connectivity index (χ0) is 18.8. The van der Waals surface area contributed by atoms with Crippen LogP contribution in [-0.4, -0.2) is 28.4 Å². The van der Waals surface area contributed by atoms with Gasteiger partial charge in [-0.15, -0.1) is 0 Å². The van der Waals surface area contributed by atoms with Gasteiger partial charge in [-0.05, 0) is 31.2 Å². The number of anilines is 1. The van der Waals surface area contributed by atoms with E-state index in [9.17, 15) is 22.8 Å². The first-order valence-electron chi connectivity index (χ1n) is 7.79. The predicted molar refractivity (Wildman–Crippen MR) is 86.5 cm³/mol. The van der Waals surface area contributed by atoms with Crippen molar-refractivity contribution in [3.05, 3.63) is 59.2 Å². The number of fused-ring (bicyclic) bond motifs is 1. The Kier molecular flexibility index (Phi) is 4.79. The summed E-state index contributed by atoms with van der Waals surface area (Å²) in [6, 6.07) is 3.48. The van der Waals surface area contributed by atoms with Crippen molar-refractivity contribution in [2.75, 3.05) is 11.9 Å². The van der Waals surface area contributed by atoms with E-state index in [1.165, 1.54) is 24.4 Å². The van der Waals surface area contributed by atoms with Gasteiger partial charge in [-0.2, -0.15) is 0 Å². The summed E-state index contributed by atoms with van der Waals surface area (Å²) in [5.41, 5.74) is 0.179. The summed E-state index contributed by atoms with van der Waals surface area (Å²) in [6.45, 7) is 0.883. The number of carbonyl (C=O) groups excluding carboxylic acids is 2. The molecule has 136 valence electrons. The van der Waals surface area contributed by atoms with E-state index in [1.807, 2.05) is 0 Å². The van der Waals surface area contributed by atoms with Gasteiger partial charge in [-0.25, -0.2) is 18.0 Å². The van der Waals surface area contributed by atoms with Gasteiger partial charge in [0, 0.05) is 11.8 Å². The van der Waals surface area contributed by atoms with Crippen molar-refractivity contribution in [1.82, 2.24) is 15.2 Å². The van der Waals surface area contributed by atoms with E-state index >= 15 is 0 Å². The molecule has 1 atom stereocenters. The van der Waals surface area contributed by atoms with Crippen LogP contribution in [0, 0.1) is 17.5 Å². The maximum atomic E-state index is 13.9. The summed E-state index contributed by atoms with van der Waals surface area (Å²) < 4.78 is 40.9. The van der Waals surface area contributed by atoms with Gasteiger partial charge in [0.2, 0.25) is 5.91 Å². The summed E-state index contributed by atoms with van der Waals surface area (Å²) in [5, 5.41) is 4.93. The fourth-order valence-corrected chi connectivity index (χ4v) is 2.69. The van der Waals surface area contributed by atoms with Crippen LogP contribution in [-0.2, 0) is 11.3 Å². The van der Waals surface area contributed by atoms with Gasteiger partial charge >= 0.3 is 6.03 Å². The molecule has 1 aromatic heterocycles. The minimum absolute atomic E-state index is 0.0405. The summed E-state index contributed by atoms with van der Waals surface area (Å²) in [5.74, 6) is -3.26. The number of rotatable bonds is 4. The van der Waals surface area contributed by atoms with E-state index in [4.69, 9.17) is 0 Å². The Bertz CT molecular complexity index is 875. The standard InChI is InChI=1S/C17H15F3N4O2/c1-9(16-12(19)3-2-6-21-16)22-14(25)8-24-7-10-13(23-17(24)26)5-4-11(18)15(10)20/h2-6,9H,7-8H2,1H3,(H,22,25)(H,23,26)/t9-/m1/s1. The zero-order valence-corrected chi connectivity index (χ0v) is 13.7. The van der Waals surface area contributed by atoms with Crippen LogP contribution < -0.4 is 10.6 Å². The second-order valence-corrected chi connectivity index (χ2v) is 5.83. The number of hydrogen-bond acceptors (Lipinski definition) is 3. The van der Waals surface area contributed by atoms with Crippen LogP contribution in [0.5, 0.6) is 0 Å². The molecule has 1 aliphatic heterocycles. The molecule has 26 heavy (non-hydrogen) atoms. The van der Waals surface area contributed by atoms with Crippen molar-refractivity contribution in [3.8, 4) is 0 Å². The number of carbonyl (C=O) groups is 2. The smallest absolute Gasteiger partial charge is 0.322 e. The van der Waals surface area contributed by atoms with Crippen LogP contribution >= 0.6 is 0 Å². The van der Waals surface area contributed by atoms with Gasteiger partial charge in [0.15, 0.2) is 11.6 Å². The highest BCUT2D eigenvalue weighted by Crippen LogP contribution is 2.27. The van der Waals surface area contributed by atoms with Gasteiger partial charge in [-0.1, -0.05) is 0 Å². The number of aromatic nitrogens is 1. The molecule has 2 aromatic rings. The van der Waals surface area contributed by atoms with E-state index in [0.29, 0.717) is 0 Å². The Morgan fingerprint density at radius 2 is 2.08 bits per heavy atom. The lowest BCUT2D eigenvalue weighted by atomic mass is 10.1. The topological polar surface area (TPSA) is 74.3 Å². The van der Waals surface area contributed by atoms with Crippen LogP contribution in [0.1, 0.15) is 24.2 Å². The van der Waals surface area contributed by atoms with Gasteiger partial charge < -0.3 is 15.5 Å². The van der Waals surface area contributed by atoms with Crippen LogP contribution in [0.3, 0.4) is 0 Å². The minimum Gasteiger partial charge on any atom is -0.346 e. The first-order valence-corrected chi connectivity index (χ1v) is 7.79. The molecule has 0 bridgehead atoms. The van der Waals surface area contributed by atoms with Crippen molar-refractivity contribution in [2.45, 2.75) is 19.5 Å². The number of nitrogens with zero attached hydrogens (tertiary/aromatic N) is 2. The van der Waals surface area contributed by atoms with E-state index in [-0.39, 0.29) is 23.5 Å².